The highest BCUT2D eigenvalue weighted by Gasteiger charge is 2.15. The summed E-state index contributed by atoms with van der Waals surface area (Å²) in [6, 6.07) is 11.7. The summed E-state index contributed by atoms with van der Waals surface area (Å²) in [5.41, 5.74) is 2.61. The fourth-order valence-corrected chi connectivity index (χ4v) is 2.80. The Morgan fingerprint density at radius 3 is 2.41 bits per heavy atom. The molecule has 0 atom stereocenters. The quantitative estimate of drug-likeness (QED) is 0.300. The zero-order chi connectivity index (χ0) is 21.4. The number of hydrogen-bond acceptors (Lipinski definition) is 6. The van der Waals surface area contributed by atoms with E-state index < -0.39 is 10.8 Å². The number of rotatable bonds is 8. The van der Waals surface area contributed by atoms with Crippen molar-refractivity contribution in [1.82, 2.24) is 0 Å². The number of carbonyl (C=O) groups excluding carboxylic acids is 1. The van der Waals surface area contributed by atoms with Gasteiger partial charge >= 0.3 is 0 Å². The zero-order valence-electron chi connectivity index (χ0n) is 16.5. The number of benzene rings is 2. The molecular formula is C21H22N4O4. The normalized spacial score (nSPS) is 10.8. The molecule has 0 saturated heterocycles. The molecule has 8 heteroatoms. The van der Waals surface area contributed by atoms with Gasteiger partial charge in [0.1, 0.15) is 17.4 Å². The summed E-state index contributed by atoms with van der Waals surface area (Å²) >= 11 is 0. The smallest absolute Gasteiger partial charge is 0.271 e. The Kier molecular flexibility index (Phi) is 7.32. The molecule has 0 fully saturated rings. The number of amides is 1. The van der Waals surface area contributed by atoms with Crippen LogP contribution in [0.2, 0.25) is 0 Å². The van der Waals surface area contributed by atoms with Gasteiger partial charge in [-0.15, -0.1) is 0 Å². The number of para-hydroxylation sites is 1. The van der Waals surface area contributed by atoms with Crippen molar-refractivity contribution < 1.29 is 14.5 Å². The molecule has 0 bridgehead atoms. The number of nitro groups is 1. The van der Waals surface area contributed by atoms with Gasteiger partial charge in [0.25, 0.3) is 11.6 Å². The van der Waals surface area contributed by atoms with Gasteiger partial charge in [0, 0.05) is 24.0 Å². The fourth-order valence-electron chi connectivity index (χ4n) is 2.80. The number of anilines is 2. The van der Waals surface area contributed by atoms with E-state index in [1.165, 1.54) is 31.5 Å². The van der Waals surface area contributed by atoms with Gasteiger partial charge in [-0.2, -0.15) is 5.26 Å². The molecule has 0 saturated carbocycles. The van der Waals surface area contributed by atoms with E-state index in [4.69, 9.17) is 4.74 Å². The van der Waals surface area contributed by atoms with Crippen molar-refractivity contribution in [3.63, 3.8) is 0 Å². The van der Waals surface area contributed by atoms with E-state index >= 15 is 0 Å². The van der Waals surface area contributed by atoms with E-state index in [2.05, 4.69) is 10.6 Å². The van der Waals surface area contributed by atoms with E-state index in [1.54, 1.807) is 0 Å². The number of nitrogens with one attached hydrogen (secondary N) is 2. The Balaban J connectivity index is 2.30. The Labute approximate surface area is 169 Å². The average Bonchev–Trinajstić information content (AvgIpc) is 2.73. The van der Waals surface area contributed by atoms with Crippen molar-refractivity contribution in [2.75, 3.05) is 17.7 Å². The van der Waals surface area contributed by atoms with E-state index in [1.807, 2.05) is 38.1 Å². The van der Waals surface area contributed by atoms with Crippen LogP contribution in [0.5, 0.6) is 5.75 Å². The molecular weight excluding hydrogens is 372 g/mol. The molecule has 8 nitrogen and oxygen atoms in total. The van der Waals surface area contributed by atoms with Gasteiger partial charge in [-0.3, -0.25) is 14.9 Å². The summed E-state index contributed by atoms with van der Waals surface area (Å²) in [7, 11) is 1.42. The van der Waals surface area contributed by atoms with Crippen LogP contribution in [0.3, 0.4) is 0 Å². The number of nitriles is 1. The Hall–Kier alpha value is -3.86. The lowest BCUT2D eigenvalue weighted by molar-refractivity contribution is -0.384. The first kappa shape index (κ1) is 21.4. The molecule has 2 rings (SSSR count). The van der Waals surface area contributed by atoms with Gasteiger partial charge < -0.3 is 15.4 Å². The van der Waals surface area contributed by atoms with Gasteiger partial charge in [-0.1, -0.05) is 32.0 Å². The van der Waals surface area contributed by atoms with Crippen LogP contribution < -0.4 is 15.4 Å². The van der Waals surface area contributed by atoms with Crippen molar-refractivity contribution in [3.05, 3.63) is 69.4 Å². The number of nitrogens with zero attached hydrogens (tertiary/aromatic N) is 2. The highest BCUT2D eigenvalue weighted by molar-refractivity contribution is 6.07. The lowest BCUT2D eigenvalue weighted by Gasteiger charge is -2.14. The second-order valence-electron chi connectivity index (χ2n) is 6.07. The van der Waals surface area contributed by atoms with Gasteiger partial charge in [-0.25, -0.2) is 0 Å². The van der Waals surface area contributed by atoms with Crippen molar-refractivity contribution >= 4 is 23.0 Å². The maximum atomic E-state index is 12.6. The Morgan fingerprint density at radius 2 is 1.90 bits per heavy atom. The summed E-state index contributed by atoms with van der Waals surface area (Å²) < 4.78 is 5.16. The Morgan fingerprint density at radius 1 is 1.24 bits per heavy atom. The van der Waals surface area contributed by atoms with Crippen molar-refractivity contribution in [2.24, 2.45) is 0 Å². The van der Waals surface area contributed by atoms with Gasteiger partial charge in [-0.05, 0) is 30.0 Å². The summed E-state index contributed by atoms with van der Waals surface area (Å²) in [4.78, 5) is 23.1. The summed E-state index contributed by atoms with van der Waals surface area (Å²) in [6.07, 6.45) is 2.67. The summed E-state index contributed by atoms with van der Waals surface area (Å²) in [6.45, 7) is 3.98. The molecule has 0 radical (unpaired) electrons. The minimum Gasteiger partial charge on any atom is -0.495 e. The maximum Gasteiger partial charge on any atom is 0.271 e. The topological polar surface area (TPSA) is 117 Å². The van der Waals surface area contributed by atoms with E-state index in [0.717, 1.165) is 24.0 Å². The van der Waals surface area contributed by atoms with E-state index in [0.29, 0.717) is 11.4 Å². The number of nitro benzene ring substituents is 1. The molecule has 2 N–H and O–H groups in total. The highest BCUT2D eigenvalue weighted by atomic mass is 16.6. The van der Waals surface area contributed by atoms with Crippen molar-refractivity contribution in [2.45, 2.75) is 26.7 Å². The molecule has 0 heterocycles. The van der Waals surface area contributed by atoms with E-state index in [9.17, 15) is 20.2 Å². The van der Waals surface area contributed by atoms with Crippen LogP contribution in [0.15, 0.2) is 48.2 Å². The van der Waals surface area contributed by atoms with Crippen molar-refractivity contribution in [3.8, 4) is 11.8 Å². The molecule has 2 aromatic rings. The third-order valence-electron chi connectivity index (χ3n) is 4.37. The molecule has 0 unspecified atom stereocenters. The maximum absolute atomic E-state index is 12.6. The number of methoxy groups -OCH3 is 1. The fraction of sp³-hybridized carbons (Fsp3) is 0.238. The lowest BCUT2D eigenvalue weighted by Crippen LogP contribution is -2.17. The molecule has 0 aromatic heterocycles. The van der Waals surface area contributed by atoms with Crippen LogP contribution >= 0.6 is 0 Å². The third kappa shape index (κ3) is 5.11. The van der Waals surface area contributed by atoms with Crippen LogP contribution in [0, 0.1) is 21.4 Å². The SMILES string of the molecule is CCc1cccc(CC)c1NC(=O)/C(C#N)=C\Nc1cc([N+](=O)[O-])ccc1OC. The molecule has 0 aliphatic heterocycles. The van der Waals surface area contributed by atoms with Crippen LogP contribution in [0.25, 0.3) is 0 Å². The number of non-ortho nitro benzene ring substituents is 1. The van der Waals surface area contributed by atoms with Gasteiger partial charge in [0.15, 0.2) is 0 Å². The second-order valence-corrected chi connectivity index (χ2v) is 6.07. The molecule has 150 valence electrons. The number of carbonyl (C=O) groups is 1. The van der Waals surface area contributed by atoms with Crippen LogP contribution in [0.1, 0.15) is 25.0 Å². The first-order valence-electron chi connectivity index (χ1n) is 9.06. The van der Waals surface area contributed by atoms with Crippen LogP contribution in [0.4, 0.5) is 17.1 Å². The molecule has 29 heavy (non-hydrogen) atoms. The van der Waals surface area contributed by atoms with Gasteiger partial charge in [0.2, 0.25) is 0 Å². The van der Waals surface area contributed by atoms with Gasteiger partial charge in [0.05, 0.1) is 17.7 Å². The van der Waals surface area contributed by atoms with Crippen LogP contribution in [-0.4, -0.2) is 17.9 Å². The van der Waals surface area contributed by atoms with Crippen LogP contribution in [-0.2, 0) is 17.6 Å². The number of aryl methyl sites for hydroxylation is 2. The average molecular weight is 394 g/mol. The summed E-state index contributed by atoms with van der Waals surface area (Å²) in [5.74, 6) is -0.228. The summed E-state index contributed by atoms with van der Waals surface area (Å²) in [5, 5.41) is 26.0. The zero-order valence-corrected chi connectivity index (χ0v) is 16.5. The predicted octanol–water partition coefficient (Wildman–Crippen LogP) is 4.19. The minimum absolute atomic E-state index is 0.144. The first-order chi connectivity index (χ1) is 13.9. The monoisotopic (exact) mass is 394 g/mol. The van der Waals surface area contributed by atoms with E-state index in [-0.39, 0.29) is 16.9 Å². The third-order valence-corrected chi connectivity index (χ3v) is 4.37. The predicted molar refractivity (Wildman–Crippen MR) is 111 cm³/mol. The molecule has 2 aromatic carbocycles. The molecule has 0 spiro atoms. The molecule has 0 aliphatic carbocycles. The first-order valence-corrected chi connectivity index (χ1v) is 9.06. The second kappa shape index (κ2) is 9.90. The molecule has 0 aliphatic rings. The van der Waals surface area contributed by atoms with Crippen molar-refractivity contribution in [1.29, 1.82) is 5.26 Å². The molecule has 1 amide bonds. The number of hydrogen-bond donors (Lipinski definition) is 2. The minimum atomic E-state index is -0.569. The number of ether oxygens (including phenoxy) is 1. The lowest BCUT2D eigenvalue weighted by atomic mass is 10.0. The standard InChI is InChI=1S/C21H22N4O4/c1-4-14-7-6-8-15(5-2)20(14)24-21(26)16(12-22)13-23-18-11-17(25(27)28)9-10-19(18)29-3/h6-11,13,23H,4-5H2,1-3H3,(H,24,26)/b16-13-. The Bertz CT molecular complexity index is 970. The highest BCUT2D eigenvalue weighted by Crippen LogP contribution is 2.29. The largest absolute Gasteiger partial charge is 0.495 e.